The lowest BCUT2D eigenvalue weighted by Crippen LogP contribution is -2.24. The van der Waals surface area contributed by atoms with Crippen molar-refractivity contribution in [2.24, 2.45) is 0 Å². The Morgan fingerprint density at radius 3 is 2.78 bits per heavy atom. The standard InChI is InChI=1S/C16H19NO/c1-11-7-8-16(18-11)15(17-2)10-13-9-12-5-3-4-6-14(12)13/h3-8,13,15,17H,9-10H2,1-2H3. The highest BCUT2D eigenvalue weighted by Gasteiger charge is 2.28. The normalized spacial score (nSPS) is 19.1. The molecular formula is C16H19NO. The van der Waals surface area contributed by atoms with Crippen molar-refractivity contribution in [2.45, 2.75) is 31.7 Å². The Kier molecular flexibility index (Phi) is 2.96. The number of furan rings is 1. The monoisotopic (exact) mass is 241 g/mol. The van der Waals surface area contributed by atoms with Crippen molar-refractivity contribution in [3.8, 4) is 0 Å². The maximum absolute atomic E-state index is 5.73. The zero-order valence-electron chi connectivity index (χ0n) is 10.9. The molecular weight excluding hydrogens is 222 g/mol. The Morgan fingerprint density at radius 2 is 2.11 bits per heavy atom. The van der Waals surface area contributed by atoms with Crippen LogP contribution in [0, 0.1) is 6.92 Å². The average molecular weight is 241 g/mol. The molecule has 0 fully saturated rings. The van der Waals surface area contributed by atoms with Crippen LogP contribution in [0.2, 0.25) is 0 Å². The van der Waals surface area contributed by atoms with Crippen LogP contribution in [0.25, 0.3) is 0 Å². The van der Waals surface area contributed by atoms with E-state index in [1.807, 2.05) is 20.0 Å². The maximum atomic E-state index is 5.73. The van der Waals surface area contributed by atoms with Crippen molar-refractivity contribution >= 4 is 0 Å². The maximum Gasteiger partial charge on any atom is 0.121 e. The molecule has 0 bridgehead atoms. The van der Waals surface area contributed by atoms with Crippen molar-refractivity contribution in [2.75, 3.05) is 7.05 Å². The number of hydrogen-bond acceptors (Lipinski definition) is 2. The molecule has 1 heterocycles. The van der Waals surface area contributed by atoms with E-state index < -0.39 is 0 Å². The predicted molar refractivity (Wildman–Crippen MR) is 72.7 cm³/mol. The molecule has 94 valence electrons. The number of benzene rings is 1. The first-order valence-electron chi connectivity index (χ1n) is 6.59. The topological polar surface area (TPSA) is 25.2 Å². The van der Waals surface area contributed by atoms with Crippen molar-refractivity contribution in [3.05, 3.63) is 59.0 Å². The molecule has 1 aromatic heterocycles. The van der Waals surface area contributed by atoms with Crippen LogP contribution in [0.1, 0.15) is 41.0 Å². The van der Waals surface area contributed by atoms with E-state index in [0.717, 1.165) is 17.9 Å². The van der Waals surface area contributed by atoms with E-state index in [1.165, 1.54) is 17.5 Å². The van der Waals surface area contributed by atoms with Gasteiger partial charge in [0.15, 0.2) is 0 Å². The van der Waals surface area contributed by atoms with Gasteiger partial charge in [0, 0.05) is 0 Å². The van der Waals surface area contributed by atoms with Crippen molar-refractivity contribution in [1.29, 1.82) is 0 Å². The first kappa shape index (κ1) is 11.5. The molecule has 2 unspecified atom stereocenters. The molecule has 1 N–H and O–H groups in total. The summed E-state index contributed by atoms with van der Waals surface area (Å²) >= 11 is 0. The minimum Gasteiger partial charge on any atom is -0.465 e. The van der Waals surface area contributed by atoms with Gasteiger partial charge in [0.2, 0.25) is 0 Å². The van der Waals surface area contributed by atoms with Crippen molar-refractivity contribution in [1.82, 2.24) is 5.32 Å². The number of hydrogen-bond donors (Lipinski definition) is 1. The van der Waals surface area contributed by atoms with Crippen LogP contribution in [0.5, 0.6) is 0 Å². The second-order valence-electron chi connectivity index (χ2n) is 5.13. The molecule has 0 spiro atoms. The van der Waals surface area contributed by atoms with Crippen LogP contribution in [-0.2, 0) is 6.42 Å². The highest BCUT2D eigenvalue weighted by molar-refractivity contribution is 5.40. The largest absolute Gasteiger partial charge is 0.465 e. The molecule has 1 aliphatic carbocycles. The summed E-state index contributed by atoms with van der Waals surface area (Å²) in [5, 5.41) is 3.37. The van der Waals surface area contributed by atoms with E-state index in [1.54, 1.807) is 0 Å². The third-order valence-corrected chi connectivity index (χ3v) is 3.93. The molecule has 0 aliphatic heterocycles. The van der Waals surface area contributed by atoms with Gasteiger partial charge in [-0.15, -0.1) is 0 Å². The zero-order valence-corrected chi connectivity index (χ0v) is 10.9. The molecule has 2 nitrogen and oxygen atoms in total. The lowest BCUT2D eigenvalue weighted by molar-refractivity contribution is 0.370. The van der Waals surface area contributed by atoms with Crippen molar-refractivity contribution in [3.63, 3.8) is 0 Å². The van der Waals surface area contributed by atoms with Crippen LogP contribution in [0.3, 0.4) is 0 Å². The Hall–Kier alpha value is -1.54. The highest BCUT2D eigenvalue weighted by atomic mass is 16.3. The highest BCUT2D eigenvalue weighted by Crippen LogP contribution is 2.40. The fraction of sp³-hybridized carbons (Fsp3) is 0.375. The van der Waals surface area contributed by atoms with Gasteiger partial charge in [-0.1, -0.05) is 24.3 Å². The Bertz CT molecular complexity index is 544. The van der Waals surface area contributed by atoms with Gasteiger partial charge in [0.05, 0.1) is 6.04 Å². The van der Waals surface area contributed by atoms with E-state index in [9.17, 15) is 0 Å². The minimum absolute atomic E-state index is 0.317. The van der Waals surface area contributed by atoms with Gasteiger partial charge < -0.3 is 9.73 Å². The Labute approximate surface area is 108 Å². The smallest absolute Gasteiger partial charge is 0.121 e. The first-order valence-corrected chi connectivity index (χ1v) is 6.59. The van der Waals surface area contributed by atoms with Gasteiger partial charge in [0.25, 0.3) is 0 Å². The SMILES string of the molecule is CNC(CC1Cc2ccccc21)c1ccc(C)o1. The summed E-state index contributed by atoms with van der Waals surface area (Å²) in [5.41, 5.74) is 3.02. The molecule has 2 heteroatoms. The summed E-state index contributed by atoms with van der Waals surface area (Å²) in [6, 6.07) is 13.2. The number of aryl methyl sites for hydroxylation is 1. The third-order valence-electron chi connectivity index (χ3n) is 3.93. The van der Waals surface area contributed by atoms with Gasteiger partial charge in [-0.3, -0.25) is 0 Å². The quantitative estimate of drug-likeness (QED) is 0.885. The minimum atomic E-state index is 0.317. The van der Waals surface area contributed by atoms with E-state index >= 15 is 0 Å². The van der Waals surface area contributed by atoms with Gasteiger partial charge in [-0.25, -0.2) is 0 Å². The lowest BCUT2D eigenvalue weighted by Gasteiger charge is -2.32. The number of nitrogens with one attached hydrogen (secondary N) is 1. The summed E-state index contributed by atoms with van der Waals surface area (Å²) in [4.78, 5) is 0. The van der Waals surface area contributed by atoms with Crippen molar-refractivity contribution < 1.29 is 4.42 Å². The molecule has 1 aromatic carbocycles. The summed E-state index contributed by atoms with van der Waals surface area (Å²) < 4.78 is 5.73. The summed E-state index contributed by atoms with van der Waals surface area (Å²) in [6.45, 7) is 1.99. The van der Waals surface area contributed by atoms with E-state index in [-0.39, 0.29) is 0 Å². The molecule has 2 aromatic rings. The zero-order chi connectivity index (χ0) is 12.5. The van der Waals surface area contributed by atoms with Crippen LogP contribution >= 0.6 is 0 Å². The van der Waals surface area contributed by atoms with Gasteiger partial charge in [0.1, 0.15) is 11.5 Å². The average Bonchev–Trinajstić information content (AvgIpc) is 2.77. The Morgan fingerprint density at radius 1 is 1.28 bits per heavy atom. The fourth-order valence-electron chi connectivity index (χ4n) is 2.87. The molecule has 0 saturated carbocycles. The number of rotatable bonds is 4. The molecule has 2 atom stereocenters. The Balaban J connectivity index is 1.73. The van der Waals surface area contributed by atoms with E-state index in [4.69, 9.17) is 4.42 Å². The van der Waals surface area contributed by atoms with Gasteiger partial charge in [-0.2, -0.15) is 0 Å². The summed E-state index contributed by atoms with van der Waals surface area (Å²) in [6.07, 6.45) is 2.31. The second-order valence-corrected chi connectivity index (χ2v) is 5.13. The van der Waals surface area contributed by atoms with E-state index in [0.29, 0.717) is 12.0 Å². The number of fused-ring (bicyclic) bond motifs is 1. The van der Waals surface area contributed by atoms with Crippen LogP contribution in [0.15, 0.2) is 40.8 Å². The molecule has 3 rings (SSSR count). The van der Waals surface area contributed by atoms with Crippen LogP contribution in [-0.4, -0.2) is 7.05 Å². The van der Waals surface area contributed by atoms with E-state index in [2.05, 4.69) is 35.6 Å². The molecule has 0 amide bonds. The fourth-order valence-corrected chi connectivity index (χ4v) is 2.87. The molecule has 18 heavy (non-hydrogen) atoms. The molecule has 1 aliphatic rings. The van der Waals surface area contributed by atoms with Crippen LogP contribution < -0.4 is 5.32 Å². The second kappa shape index (κ2) is 4.62. The predicted octanol–water partition coefficient (Wildman–Crippen LogP) is 3.58. The lowest BCUT2D eigenvalue weighted by atomic mass is 9.74. The van der Waals surface area contributed by atoms with Gasteiger partial charge in [-0.05, 0) is 56.0 Å². The summed E-state index contributed by atoms with van der Waals surface area (Å²) in [5.74, 6) is 2.71. The first-order chi connectivity index (χ1) is 8.78. The molecule has 0 saturated heterocycles. The molecule has 0 radical (unpaired) electrons. The van der Waals surface area contributed by atoms with Gasteiger partial charge >= 0.3 is 0 Å². The van der Waals surface area contributed by atoms with Crippen LogP contribution in [0.4, 0.5) is 0 Å². The summed E-state index contributed by atoms with van der Waals surface area (Å²) in [7, 11) is 2.01. The third kappa shape index (κ3) is 1.97.